The summed E-state index contributed by atoms with van der Waals surface area (Å²) in [5.74, 6) is 0. The molecule has 0 fully saturated rings. The van der Waals surface area contributed by atoms with E-state index in [0.29, 0.717) is 6.04 Å². The molecule has 0 saturated carbocycles. The van der Waals surface area contributed by atoms with Crippen LogP contribution in [-0.4, -0.2) is 41.1 Å². The molecule has 0 spiro atoms. The highest BCUT2D eigenvalue weighted by Crippen LogP contribution is 2.02. The fraction of sp³-hybridized carbons (Fsp3) is 0.750. The summed E-state index contributed by atoms with van der Waals surface area (Å²) in [7, 11) is 4.14. The van der Waals surface area contributed by atoms with Gasteiger partial charge in [-0.05, 0) is 40.9 Å². The smallest absolute Gasteiger partial charge is 0.0948 e. The number of nitrogens with one attached hydrogen (secondary N) is 1. The molecule has 0 bridgehead atoms. The molecule has 1 aromatic rings. The van der Waals surface area contributed by atoms with Crippen LogP contribution in [0.2, 0.25) is 0 Å². The molecule has 4 nitrogen and oxygen atoms in total. The van der Waals surface area contributed by atoms with Crippen LogP contribution in [0.25, 0.3) is 0 Å². The molecule has 1 N–H and O–H groups in total. The van der Waals surface area contributed by atoms with E-state index in [0.717, 1.165) is 19.6 Å². The molecule has 0 aliphatic heterocycles. The van der Waals surface area contributed by atoms with Gasteiger partial charge in [0.25, 0.3) is 0 Å². The first kappa shape index (κ1) is 13.2. The normalized spacial score (nSPS) is 11.6. The summed E-state index contributed by atoms with van der Waals surface area (Å²) < 4.78 is 2.23. The zero-order valence-electron chi connectivity index (χ0n) is 10.9. The van der Waals surface area contributed by atoms with E-state index in [1.165, 1.54) is 12.1 Å². The highest BCUT2D eigenvalue weighted by Gasteiger charge is 2.04. The molecular weight excluding hydrogens is 200 g/mol. The van der Waals surface area contributed by atoms with Crippen LogP contribution in [-0.2, 0) is 13.1 Å². The summed E-state index contributed by atoms with van der Waals surface area (Å²) in [5.41, 5.74) is 1.26. The van der Waals surface area contributed by atoms with Crippen molar-refractivity contribution in [3.05, 3.63) is 18.2 Å². The Hall–Kier alpha value is -0.870. The third-order valence-electron chi connectivity index (χ3n) is 2.95. The van der Waals surface area contributed by atoms with Crippen molar-refractivity contribution >= 4 is 0 Å². The monoisotopic (exact) mass is 224 g/mol. The number of hydrogen-bond donors (Lipinski definition) is 1. The lowest BCUT2D eigenvalue weighted by Crippen LogP contribution is -2.28. The van der Waals surface area contributed by atoms with E-state index in [4.69, 9.17) is 0 Å². The Morgan fingerprint density at radius 2 is 2.25 bits per heavy atom. The number of rotatable bonds is 7. The van der Waals surface area contributed by atoms with Gasteiger partial charge in [0.2, 0.25) is 0 Å². The van der Waals surface area contributed by atoms with Crippen molar-refractivity contribution in [1.82, 2.24) is 19.8 Å². The molecule has 0 aromatic carbocycles. The summed E-state index contributed by atoms with van der Waals surface area (Å²) in [6.45, 7) is 7.52. The molecule has 16 heavy (non-hydrogen) atoms. The van der Waals surface area contributed by atoms with Crippen molar-refractivity contribution in [2.24, 2.45) is 0 Å². The molecule has 0 saturated heterocycles. The van der Waals surface area contributed by atoms with Crippen molar-refractivity contribution < 1.29 is 0 Å². The van der Waals surface area contributed by atoms with Crippen LogP contribution in [0.15, 0.2) is 12.5 Å². The third-order valence-corrected chi connectivity index (χ3v) is 2.95. The van der Waals surface area contributed by atoms with E-state index in [1.54, 1.807) is 0 Å². The Morgan fingerprint density at radius 1 is 1.50 bits per heavy atom. The van der Waals surface area contributed by atoms with Crippen molar-refractivity contribution in [1.29, 1.82) is 0 Å². The zero-order chi connectivity index (χ0) is 12.0. The Balaban J connectivity index is 2.34. The second kappa shape index (κ2) is 6.66. The fourth-order valence-corrected chi connectivity index (χ4v) is 1.63. The molecule has 4 heteroatoms. The van der Waals surface area contributed by atoms with Crippen LogP contribution >= 0.6 is 0 Å². The first-order chi connectivity index (χ1) is 7.65. The predicted molar refractivity (Wildman–Crippen MR) is 67.4 cm³/mol. The highest BCUT2D eigenvalue weighted by molar-refractivity contribution is 4.97. The molecule has 1 aromatic heterocycles. The molecule has 0 aliphatic rings. The first-order valence-electron chi connectivity index (χ1n) is 5.99. The molecule has 0 amide bonds. The van der Waals surface area contributed by atoms with E-state index in [9.17, 15) is 0 Å². The quantitative estimate of drug-likeness (QED) is 0.758. The zero-order valence-corrected chi connectivity index (χ0v) is 10.9. The van der Waals surface area contributed by atoms with Gasteiger partial charge in [-0.15, -0.1) is 0 Å². The van der Waals surface area contributed by atoms with E-state index < -0.39 is 0 Å². The van der Waals surface area contributed by atoms with E-state index in [-0.39, 0.29) is 0 Å². The first-order valence-corrected chi connectivity index (χ1v) is 5.99. The van der Waals surface area contributed by atoms with Crippen molar-refractivity contribution in [2.75, 3.05) is 20.6 Å². The number of hydrogen-bond acceptors (Lipinski definition) is 3. The van der Waals surface area contributed by atoms with E-state index in [2.05, 4.69) is 40.7 Å². The second-order valence-corrected chi connectivity index (χ2v) is 4.54. The third kappa shape index (κ3) is 3.94. The van der Waals surface area contributed by atoms with E-state index in [1.807, 2.05) is 19.6 Å². The van der Waals surface area contributed by atoms with Crippen molar-refractivity contribution in [3.63, 3.8) is 0 Å². The number of nitrogens with zero attached hydrogens (tertiary/aromatic N) is 3. The Kier molecular flexibility index (Phi) is 5.49. The highest BCUT2D eigenvalue weighted by atomic mass is 15.1. The lowest BCUT2D eigenvalue weighted by Gasteiger charge is -2.21. The lowest BCUT2D eigenvalue weighted by atomic mass is 10.3. The maximum Gasteiger partial charge on any atom is 0.0948 e. The molecule has 0 radical (unpaired) electrons. The summed E-state index contributed by atoms with van der Waals surface area (Å²) in [6.07, 6.45) is 5.02. The van der Waals surface area contributed by atoms with Gasteiger partial charge in [0, 0.05) is 25.3 Å². The van der Waals surface area contributed by atoms with Gasteiger partial charge in [0.1, 0.15) is 0 Å². The summed E-state index contributed by atoms with van der Waals surface area (Å²) in [6, 6.07) is 0.625. The molecule has 92 valence electrons. The number of aromatic nitrogens is 2. The number of imidazole rings is 1. The minimum absolute atomic E-state index is 0.625. The van der Waals surface area contributed by atoms with Crippen LogP contribution < -0.4 is 5.32 Å². The standard InChI is InChI=1S/C12H24N4/c1-11(2)15(4)6-5-7-16-10-14-9-12(16)8-13-3/h9-11,13H,5-8H2,1-4H3. The Labute approximate surface area is 98.7 Å². The van der Waals surface area contributed by atoms with Crippen LogP contribution in [0.3, 0.4) is 0 Å². The molecule has 1 heterocycles. The van der Waals surface area contributed by atoms with Gasteiger partial charge in [-0.3, -0.25) is 0 Å². The van der Waals surface area contributed by atoms with Gasteiger partial charge in [-0.25, -0.2) is 4.98 Å². The molecular formula is C12H24N4. The van der Waals surface area contributed by atoms with Gasteiger partial charge >= 0.3 is 0 Å². The van der Waals surface area contributed by atoms with Gasteiger partial charge in [0.15, 0.2) is 0 Å². The van der Waals surface area contributed by atoms with Gasteiger partial charge in [-0.1, -0.05) is 0 Å². The van der Waals surface area contributed by atoms with Crippen LogP contribution in [0.5, 0.6) is 0 Å². The van der Waals surface area contributed by atoms with Crippen molar-refractivity contribution in [2.45, 2.75) is 39.4 Å². The molecule has 0 atom stereocenters. The minimum Gasteiger partial charge on any atom is -0.333 e. The number of aryl methyl sites for hydroxylation is 1. The lowest BCUT2D eigenvalue weighted by molar-refractivity contribution is 0.265. The predicted octanol–water partition coefficient (Wildman–Crippen LogP) is 1.33. The average molecular weight is 224 g/mol. The summed E-state index contributed by atoms with van der Waals surface area (Å²) in [4.78, 5) is 6.55. The molecule has 1 rings (SSSR count). The fourth-order valence-electron chi connectivity index (χ4n) is 1.63. The molecule has 0 unspecified atom stereocenters. The van der Waals surface area contributed by atoms with Crippen LogP contribution in [0, 0.1) is 0 Å². The SMILES string of the molecule is CNCc1cncn1CCCN(C)C(C)C. The second-order valence-electron chi connectivity index (χ2n) is 4.54. The van der Waals surface area contributed by atoms with Crippen molar-refractivity contribution in [3.8, 4) is 0 Å². The van der Waals surface area contributed by atoms with Gasteiger partial charge < -0.3 is 14.8 Å². The Morgan fingerprint density at radius 3 is 2.88 bits per heavy atom. The van der Waals surface area contributed by atoms with Crippen LogP contribution in [0.4, 0.5) is 0 Å². The van der Waals surface area contributed by atoms with Gasteiger partial charge in [0.05, 0.1) is 12.0 Å². The average Bonchev–Trinajstić information content (AvgIpc) is 2.66. The minimum atomic E-state index is 0.625. The topological polar surface area (TPSA) is 33.1 Å². The summed E-state index contributed by atoms with van der Waals surface area (Å²) in [5, 5.41) is 3.16. The summed E-state index contributed by atoms with van der Waals surface area (Å²) >= 11 is 0. The largest absolute Gasteiger partial charge is 0.333 e. The molecule has 0 aliphatic carbocycles. The van der Waals surface area contributed by atoms with E-state index >= 15 is 0 Å². The van der Waals surface area contributed by atoms with Gasteiger partial charge in [-0.2, -0.15) is 0 Å². The maximum absolute atomic E-state index is 4.18. The maximum atomic E-state index is 4.18. The van der Waals surface area contributed by atoms with Crippen LogP contribution in [0.1, 0.15) is 26.0 Å². The Bertz CT molecular complexity index is 293.